The summed E-state index contributed by atoms with van der Waals surface area (Å²) >= 11 is 0. The summed E-state index contributed by atoms with van der Waals surface area (Å²) in [5.74, 6) is -2.14. The molecule has 0 bridgehead atoms. The minimum absolute atomic E-state index is 0.233. The van der Waals surface area contributed by atoms with Crippen LogP contribution in [-0.4, -0.2) is 53.7 Å². The second kappa shape index (κ2) is 7.56. The average molecular weight is 299 g/mol. The second-order valence-electron chi connectivity index (χ2n) is 4.13. The van der Waals surface area contributed by atoms with E-state index in [9.17, 15) is 27.6 Å². The summed E-state index contributed by atoms with van der Waals surface area (Å²) in [6.07, 6.45) is -6.10. The average Bonchev–Trinajstić information content (AvgIpc) is 2.29. The van der Waals surface area contributed by atoms with Crippen molar-refractivity contribution in [2.75, 3.05) is 13.6 Å². The number of hydrogen-bond donors (Lipinski definition) is 3. The fourth-order valence-electron chi connectivity index (χ4n) is 1.20. The molecule has 3 amide bonds. The molecule has 0 aromatic rings. The van der Waals surface area contributed by atoms with Crippen LogP contribution in [0.1, 0.15) is 19.3 Å². The predicted molar refractivity (Wildman–Crippen MR) is 61.7 cm³/mol. The number of alkyl halides is 3. The third-order valence-corrected chi connectivity index (χ3v) is 2.35. The van der Waals surface area contributed by atoms with E-state index in [1.54, 1.807) is 0 Å². The van der Waals surface area contributed by atoms with Gasteiger partial charge in [-0.3, -0.25) is 4.79 Å². The van der Waals surface area contributed by atoms with E-state index in [-0.39, 0.29) is 12.8 Å². The van der Waals surface area contributed by atoms with E-state index in [1.807, 2.05) is 5.32 Å². The third-order valence-electron chi connectivity index (χ3n) is 2.35. The zero-order valence-electron chi connectivity index (χ0n) is 10.7. The van der Waals surface area contributed by atoms with E-state index >= 15 is 0 Å². The van der Waals surface area contributed by atoms with Gasteiger partial charge in [-0.15, -0.1) is 0 Å². The Morgan fingerprint density at radius 3 is 2.30 bits per heavy atom. The Bertz CT molecular complexity index is 373. The lowest BCUT2D eigenvalue weighted by atomic mass is 10.1. The quantitative estimate of drug-likeness (QED) is 0.627. The molecule has 0 aliphatic carbocycles. The van der Waals surface area contributed by atoms with Gasteiger partial charge < -0.3 is 21.1 Å². The van der Waals surface area contributed by atoms with Gasteiger partial charge >= 0.3 is 18.2 Å². The molecule has 0 rings (SSSR count). The first-order valence-corrected chi connectivity index (χ1v) is 5.62. The minimum atomic E-state index is -4.41. The number of carbonyl (C=O) groups excluding carboxylic acids is 2. The van der Waals surface area contributed by atoms with Crippen LogP contribution in [0.4, 0.5) is 18.0 Å². The summed E-state index contributed by atoms with van der Waals surface area (Å²) in [6, 6.07) is -2.35. The van der Waals surface area contributed by atoms with E-state index in [0.717, 1.165) is 7.05 Å². The van der Waals surface area contributed by atoms with Gasteiger partial charge in [0.05, 0.1) is 6.42 Å². The van der Waals surface area contributed by atoms with Gasteiger partial charge in [0.15, 0.2) is 0 Å². The fourth-order valence-corrected chi connectivity index (χ4v) is 1.20. The number of aliphatic carboxylic acids is 1. The summed E-state index contributed by atoms with van der Waals surface area (Å²) in [6.45, 7) is -0.600. The van der Waals surface area contributed by atoms with Gasteiger partial charge in [-0.05, 0) is 6.42 Å². The fraction of sp³-hybridized carbons (Fsp3) is 0.700. The lowest BCUT2D eigenvalue weighted by Crippen LogP contribution is -2.47. The first-order valence-electron chi connectivity index (χ1n) is 5.62. The molecule has 4 N–H and O–H groups in total. The van der Waals surface area contributed by atoms with Gasteiger partial charge in [-0.25, -0.2) is 9.59 Å². The number of carboxylic acid groups (broad SMARTS) is 1. The molecule has 10 heteroatoms. The topological polar surface area (TPSA) is 113 Å². The molecule has 7 nitrogen and oxygen atoms in total. The second-order valence-corrected chi connectivity index (χ2v) is 4.13. The summed E-state index contributed by atoms with van der Waals surface area (Å²) in [7, 11) is 1.11. The van der Waals surface area contributed by atoms with E-state index in [4.69, 9.17) is 10.8 Å². The Labute approximate surface area is 112 Å². The Balaban J connectivity index is 4.37. The normalized spacial score (nSPS) is 12.6. The zero-order chi connectivity index (χ0) is 15.9. The highest BCUT2D eigenvalue weighted by molar-refractivity contribution is 5.83. The van der Waals surface area contributed by atoms with Crippen LogP contribution in [0, 0.1) is 0 Å². The van der Waals surface area contributed by atoms with Gasteiger partial charge in [0.1, 0.15) is 6.04 Å². The molecule has 116 valence electrons. The Morgan fingerprint density at radius 1 is 1.35 bits per heavy atom. The molecule has 0 unspecified atom stereocenters. The standard InChI is InChI=1S/C10H16F3N3O4/c1-16(5-4-10(11,12)13)9(20)15-6(8(18)19)2-3-7(14)17/h6H,2-5H2,1H3,(H2,14,17)(H,15,20)(H,18,19)/t6-/m0/s1. The minimum Gasteiger partial charge on any atom is -0.480 e. The Kier molecular flexibility index (Phi) is 6.80. The number of nitrogens with zero attached hydrogens (tertiary/aromatic N) is 1. The van der Waals surface area contributed by atoms with Gasteiger partial charge in [0.2, 0.25) is 5.91 Å². The first-order chi connectivity index (χ1) is 9.03. The number of halogens is 3. The van der Waals surface area contributed by atoms with Crippen LogP contribution in [0.25, 0.3) is 0 Å². The Hall–Kier alpha value is -2.00. The van der Waals surface area contributed by atoms with Crippen molar-refractivity contribution in [2.24, 2.45) is 5.73 Å². The van der Waals surface area contributed by atoms with Crippen LogP contribution in [0.3, 0.4) is 0 Å². The molecule has 0 saturated heterocycles. The van der Waals surface area contributed by atoms with Crippen molar-refractivity contribution < 1.29 is 32.7 Å². The summed E-state index contributed by atoms with van der Waals surface area (Å²) in [5, 5.41) is 10.8. The molecule has 0 aromatic heterocycles. The maximum atomic E-state index is 12.0. The highest BCUT2D eigenvalue weighted by Crippen LogP contribution is 2.19. The van der Waals surface area contributed by atoms with Crippen molar-refractivity contribution in [1.29, 1.82) is 0 Å². The van der Waals surface area contributed by atoms with E-state index < -0.39 is 43.1 Å². The van der Waals surface area contributed by atoms with Crippen LogP contribution in [0.5, 0.6) is 0 Å². The smallest absolute Gasteiger partial charge is 0.390 e. The Morgan fingerprint density at radius 2 is 1.90 bits per heavy atom. The number of rotatable bonds is 7. The molecule has 0 aliphatic rings. The third kappa shape index (κ3) is 8.16. The van der Waals surface area contributed by atoms with Crippen molar-refractivity contribution in [3.05, 3.63) is 0 Å². The number of nitrogens with two attached hydrogens (primary N) is 1. The number of nitrogens with one attached hydrogen (secondary N) is 1. The molecule has 0 radical (unpaired) electrons. The first kappa shape index (κ1) is 18.0. The number of carbonyl (C=O) groups is 3. The van der Waals surface area contributed by atoms with Crippen molar-refractivity contribution in [1.82, 2.24) is 10.2 Å². The summed E-state index contributed by atoms with van der Waals surface area (Å²) in [5.41, 5.74) is 4.85. The molecular formula is C10H16F3N3O4. The van der Waals surface area contributed by atoms with Gasteiger partial charge in [-0.1, -0.05) is 0 Å². The number of amides is 3. The number of hydrogen-bond acceptors (Lipinski definition) is 3. The highest BCUT2D eigenvalue weighted by atomic mass is 19.4. The van der Waals surface area contributed by atoms with Gasteiger partial charge in [0.25, 0.3) is 0 Å². The van der Waals surface area contributed by atoms with Crippen molar-refractivity contribution in [2.45, 2.75) is 31.5 Å². The monoisotopic (exact) mass is 299 g/mol. The van der Waals surface area contributed by atoms with Crippen molar-refractivity contribution in [3.63, 3.8) is 0 Å². The predicted octanol–water partition coefficient (Wildman–Crippen LogP) is 0.299. The zero-order valence-corrected chi connectivity index (χ0v) is 10.7. The molecule has 0 aromatic carbocycles. The van der Waals surface area contributed by atoms with E-state index in [0.29, 0.717) is 4.90 Å². The molecule has 0 aliphatic heterocycles. The van der Waals surface area contributed by atoms with Crippen molar-refractivity contribution in [3.8, 4) is 0 Å². The lowest BCUT2D eigenvalue weighted by Gasteiger charge is -2.21. The largest absolute Gasteiger partial charge is 0.480 e. The molecule has 0 heterocycles. The highest BCUT2D eigenvalue weighted by Gasteiger charge is 2.29. The SMILES string of the molecule is CN(CCC(F)(F)F)C(=O)N[C@@H](CCC(N)=O)C(=O)O. The molecular weight excluding hydrogens is 283 g/mol. The van der Waals surface area contributed by atoms with Crippen LogP contribution in [0.2, 0.25) is 0 Å². The maximum absolute atomic E-state index is 12.0. The maximum Gasteiger partial charge on any atom is 0.390 e. The van der Waals surface area contributed by atoms with Crippen LogP contribution in [0.15, 0.2) is 0 Å². The van der Waals surface area contributed by atoms with Crippen LogP contribution >= 0.6 is 0 Å². The van der Waals surface area contributed by atoms with Crippen LogP contribution in [-0.2, 0) is 9.59 Å². The van der Waals surface area contributed by atoms with Gasteiger partial charge in [-0.2, -0.15) is 13.2 Å². The molecule has 1 atom stereocenters. The summed E-state index contributed by atoms with van der Waals surface area (Å²) < 4.78 is 35.9. The number of urea groups is 1. The van der Waals surface area contributed by atoms with E-state index in [2.05, 4.69) is 0 Å². The van der Waals surface area contributed by atoms with Crippen molar-refractivity contribution >= 4 is 17.9 Å². The van der Waals surface area contributed by atoms with Gasteiger partial charge in [0, 0.05) is 20.0 Å². The molecule has 0 saturated carbocycles. The number of carboxylic acids is 1. The molecule has 20 heavy (non-hydrogen) atoms. The molecule has 0 fully saturated rings. The number of primary amides is 1. The summed E-state index contributed by atoms with van der Waals surface area (Å²) in [4.78, 5) is 33.6. The lowest BCUT2D eigenvalue weighted by molar-refractivity contribution is -0.140. The molecule has 0 spiro atoms. The van der Waals surface area contributed by atoms with E-state index in [1.165, 1.54) is 0 Å². The van der Waals surface area contributed by atoms with Crippen LogP contribution < -0.4 is 11.1 Å².